The number of anilines is 1. The Morgan fingerprint density at radius 2 is 1.86 bits per heavy atom. The normalized spacial score (nSPS) is 14.8. The maximum atomic E-state index is 14.2. The minimum Gasteiger partial charge on any atom is -0.418 e. The summed E-state index contributed by atoms with van der Waals surface area (Å²) in [4.78, 5) is 16.9. The molecule has 2 aromatic heterocycles. The number of nitrogens with zero attached hydrogens (tertiary/aromatic N) is 3. The Morgan fingerprint density at radius 3 is 2.64 bits per heavy atom. The number of hydrogen-bond acceptors (Lipinski definition) is 7. The topological polar surface area (TPSA) is 105 Å². The second kappa shape index (κ2) is 10.2. The Balaban J connectivity index is 1.35. The molecule has 5 rings (SSSR count). The number of halogens is 1. The van der Waals surface area contributed by atoms with Crippen molar-refractivity contribution in [3.05, 3.63) is 95.4 Å². The van der Waals surface area contributed by atoms with Gasteiger partial charge < -0.3 is 20.4 Å². The first-order valence-electron chi connectivity index (χ1n) is 11.9. The molecule has 0 unspecified atom stereocenters. The summed E-state index contributed by atoms with van der Waals surface area (Å²) in [6, 6.07) is 15.8. The van der Waals surface area contributed by atoms with Crippen LogP contribution in [-0.4, -0.2) is 34.2 Å². The fourth-order valence-electron chi connectivity index (χ4n) is 4.45. The number of aromatic nitrogens is 3. The van der Waals surface area contributed by atoms with Gasteiger partial charge >= 0.3 is 0 Å². The third-order valence-electron chi connectivity index (χ3n) is 6.51. The lowest BCUT2D eigenvalue weighted by atomic mass is 9.87. The number of amides is 1. The zero-order valence-electron chi connectivity index (χ0n) is 19.9. The van der Waals surface area contributed by atoms with E-state index in [4.69, 9.17) is 4.42 Å². The number of rotatable bonds is 7. The number of pyridine rings is 1. The number of nitrogens with one attached hydrogen (secondary N) is 3. The van der Waals surface area contributed by atoms with Gasteiger partial charge in [0.1, 0.15) is 11.4 Å². The van der Waals surface area contributed by atoms with Crippen molar-refractivity contribution in [1.29, 1.82) is 0 Å². The molecule has 0 aliphatic carbocycles. The van der Waals surface area contributed by atoms with E-state index in [2.05, 4.69) is 31.1 Å². The molecule has 2 aromatic carbocycles. The number of carbonyl (C=O) groups is 1. The van der Waals surface area contributed by atoms with E-state index in [1.54, 1.807) is 30.6 Å². The minimum absolute atomic E-state index is 0.115. The van der Waals surface area contributed by atoms with Gasteiger partial charge in [-0.1, -0.05) is 18.2 Å². The van der Waals surface area contributed by atoms with Crippen molar-refractivity contribution in [3.8, 4) is 11.5 Å². The van der Waals surface area contributed by atoms with Gasteiger partial charge in [0.05, 0.1) is 0 Å². The molecule has 3 N–H and O–H groups in total. The lowest BCUT2D eigenvalue weighted by molar-refractivity contribution is 0.0950. The van der Waals surface area contributed by atoms with Crippen molar-refractivity contribution < 1.29 is 13.6 Å². The molecular formula is C27H27FN6O2. The molecule has 184 valence electrons. The number of benzene rings is 2. The van der Waals surface area contributed by atoms with Crippen LogP contribution in [-0.2, 0) is 12.1 Å². The van der Waals surface area contributed by atoms with E-state index in [9.17, 15) is 9.18 Å². The Hall–Kier alpha value is -4.11. The summed E-state index contributed by atoms with van der Waals surface area (Å²) in [5.74, 6) is 0.326. The van der Waals surface area contributed by atoms with Crippen molar-refractivity contribution in [2.45, 2.75) is 31.8 Å². The fourth-order valence-corrected chi connectivity index (χ4v) is 4.45. The molecule has 1 amide bonds. The lowest BCUT2D eigenvalue weighted by Gasteiger charge is -2.36. The zero-order valence-corrected chi connectivity index (χ0v) is 19.9. The molecule has 0 radical (unpaired) electrons. The van der Waals surface area contributed by atoms with E-state index in [-0.39, 0.29) is 18.3 Å². The third kappa shape index (κ3) is 4.96. The highest BCUT2D eigenvalue weighted by atomic mass is 19.1. The number of aryl methyl sites for hydroxylation is 1. The fraction of sp³-hybridized carbons (Fsp3) is 0.259. The van der Waals surface area contributed by atoms with Gasteiger partial charge in [-0.25, -0.2) is 4.39 Å². The van der Waals surface area contributed by atoms with Crippen LogP contribution in [0.4, 0.5) is 10.1 Å². The second-order valence-electron chi connectivity index (χ2n) is 8.90. The van der Waals surface area contributed by atoms with Gasteiger partial charge in [-0.3, -0.25) is 9.78 Å². The summed E-state index contributed by atoms with van der Waals surface area (Å²) >= 11 is 0. The summed E-state index contributed by atoms with van der Waals surface area (Å²) in [5, 5.41) is 18.4. The summed E-state index contributed by atoms with van der Waals surface area (Å²) < 4.78 is 20.3. The first kappa shape index (κ1) is 23.6. The second-order valence-corrected chi connectivity index (χ2v) is 8.90. The van der Waals surface area contributed by atoms with Gasteiger partial charge in [0.2, 0.25) is 11.8 Å². The van der Waals surface area contributed by atoms with E-state index >= 15 is 0 Å². The first-order valence-corrected chi connectivity index (χ1v) is 11.9. The molecule has 0 spiro atoms. The van der Waals surface area contributed by atoms with E-state index < -0.39 is 5.54 Å². The van der Waals surface area contributed by atoms with Crippen LogP contribution >= 0.6 is 0 Å². The predicted molar refractivity (Wildman–Crippen MR) is 134 cm³/mol. The van der Waals surface area contributed by atoms with Gasteiger partial charge in [0, 0.05) is 41.3 Å². The van der Waals surface area contributed by atoms with Crippen molar-refractivity contribution in [1.82, 2.24) is 25.8 Å². The van der Waals surface area contributed by atoms with E-state index in [0.717, 1.165) is 42.7 Å². The molecule has 0 atom stereocenters. The molecule has 0 bridgehead atoms. The maximum Gasteiger partial charge on any atom is 0.251 e. The summed E-state index contributed by atoms with van der Waals surface area (Å²) in [7, 11) is 0. The van der Waals surface area contributed by atoms with Crippen molar-refractivity contribution in [2.75, 3.05) is 18.4 Å². The zero-order chi connectivity index (χ0) is 25.0. The highest BCUT2D eigenvalue weighted by Crippen LogP contribution is 2.35. The molecule has 9 heteroatoms. The van der Waals surface area contributed by atoms with Crippen LogP contribution in [0.15, 0.2) is 71.4 Å². The molecule has 1 fully saturated rings. The van der Waals surface area contributed by atoms with E-state index in [1.807, 2.05) is 37.3 Å². The first-order chi connectivity index (χ1) is 17.5. The van der Waals surface area contributed by atoms with Gasteiger partial charge in [-0.15, -0.1) is 10.2 Å². The summed E-state index contributed by atoms with van der Waals surface area (Å²) in [6.07, 6.45) is 4.82. The third-order valence-corrected chi connectivity index (χ3v) is 6.51. The largest absolute Gasteiger partial charge is 0.418 e. The molecule has 1 aliphatic rings. The minimum atomic E-state index is -0.580. The number of hydrogen-bond donors (Lipinski definition) is 3. The predicted octanol–water partition coefficient (Wildman–Crippen LogP) is 4.20. The Bertz CT molecular complexity index is 1330. The van der Waals surface area contributed by atoms with Gasteiger partial charge in [0.15, 0.2) is 0 Å². The highest BCUT2D eigenvalue weighted by Gasteiger charge is 2.39. The standard InChI is InChI=1S/C27H27FN6O2/c1-18-4-2-7-23(28)22(18)17-31-24(35)20-5-3-6-21(16-20)32-27(10-14-30-15-11-27)26-34-33-25(36-26)19-8-12-29-13-9-19/h2-9,12-13,16,30,32H,10-11,14-15,17H2,1H3,(H,31,35). The Labute approximate surface area is 208 Å². The Kier molecular flexibility index (Phi) is 6.73. The molecule has 36 heavy (non-hydrogen) atoms. The van der Waals surface area contributed by atoms with Crippen molar-refractivity contribution in [2.24, 2.45) is 0 Å². The maximum absolute atomic E-state index is 14.2. The van der Waals surface area contributed by atoms with Crippen LogP contribution in [0.25, 0.3) is 11.5 Å². The highest BCUT2D eigenvalue weighted by molar-refractivity contribution is 5.95. The lowest BCUT2D eigenvalue weighted by Crippen LogP contribution is -2.45. The van der Waals surface area contributed by atoms with Crippen LogP contribution in [0.5, 0.6) is 0 Å². The quantitative estimate of drug-likeness (QED) is 0.360. The smallest absolute Gasteiger partial charge is 0.251 e. The van der Waals surface area contributed by atoms with Crippen LogP contribution in [0.2, 0.25) is 0 Å². The van der Waals surface area contributed by atoms with Crippen molar-refractivity contribution in [3.63, 3.8) is 0 Å². The van der Waals surface area contributed by atoms with Gasteiger partial charge in [-0.05, 0) is 74.8 Å². The van der Waals surface area contributed by atoms with Gasteiger partial charge in [-0.2, -0.15) is 0 Å². The molecule has 3 heterocycles. The summed E-state index contributed by atoms with van der Waals surface area (Å²) in [5.41, 5.74) is 2.73. The molecule has 1 saturated heterocycles. The molecule has 8 nitrogen and oxygen atoms in total. The summed E-state index contributed by atoms with van der Waals surface area (Å²) in [6.45, 7) is 3.50. The average Bonchev–Trinajstić information content (AvgIpc) is 3.41. The molecule has 0 saturated carbocycles. The number of carbonyl (C=O) groups excluding carboxylic acids is 1. The van der Waals surface area contributed by atoms with Crippen LogP contribution in [0.3, 0.4) is 0 Å². The van der Waals surface area contributed by atoms with Gasteiger partial charge in [0.25, 0.3) is 5.91 Å². The SMILES string of the molecule is Cc1cccc(F)c1CNC(=O)c1cccc(NC2(c3nnc(-c4ccncc4)o3)CCNCC2)c1. The number of piperidine rings is 1. The molecule has 1 aliphatic heterocycles. The van der Waals surface area contributed by atoms with Crippen molar-refractivity contribution >= 4 is 11.6 Å². The molecular weight excluding hydrogens is 459 g/mol. The average molecular weight is 487 g/mol. The van der Waals surface area contributed by atoms with Crippen LogP contribution in [0, 0.1) is 12.7 Å². The van der Waals surface area contributed by atoms with Crippen LogP contribution < -0.4 is 16.0 Å². The van der Waals surface area contributed by atoms with E-state index in [1.165, 1.54) is 6.07 Å². The Morgan fingerprint density at radius 1 is 1.08 bits per heavy atom. The monoisotopic (exact) mass is 486 g/mol. The van der Waals surface area contributed by atoms with E-state index in [0.29, 0.717) is 22.9 Å². The van der Waals surface area contributed by atoms with Crippen LogP contribution in [0.1, 0.15) is 40.2 Å². The molecule has 4 aromatic rings.